The first-order valence-corrected chi connectivity index (χ1v) is 8.53. The second-order valence-corrected chi connectivity index (χ2v) is 8.39. The zero-order valence-electron chi connectivity index (χ0n) is 13.2. The van der Waals surface area contributed by atoms with Crippen LogP contribution in [-0.4, -0.2) is 28.6 Å². The first kappa shape index (κ1) is 16.6. The molecule has 0 spiro atoms. The predicted octanol–water partition coefficient (Wildman–Crippen LogP) is 2.97. The molecule has 1 aromatic carbocycles. The Bertz CT molecular complexity index is 455. The van der Waals surface area contributed by atoms with Crippen molar-refractivity contribution in [1.82, 2.24) is 4.72 Å². The van der Waals surface area contributed by atoms with Gasteiger partial charge in [0.1, 0.15) is 16.6 Å². The van der Waals surface area contributed by atoms with Gasteiger partial charge in [-0.1, -0.05) is 12.1 Å². The SMILES string of the molecule is C[C@H](N[S+]([O-])C(C)(C)C)c1cccc(O[C@@H]2CCOC2)c1. The summed E-state index contributed by atoms with van der Waals surface area (Å²) in [5.74, 6) is 0.846. The molecule has 21 heavy (non-hydrogen) atoms. The minimum atomic E-state index is -1.09. The fourth-order valence-corrected chi connectivity index (χ4v) is 2.87. The molecule has 118 valence electrons. The van der Waals surface area contributed by atoms with E-state index in [1.807, 2.05) is 52.0 Å². The summed E-state index contributed by atoms with van der Waals surface area (Å²) in [6.45, 7) is 9.33. The lowest BCUT2D eigenvalue weighted by molar-refractivity contribution is 0.141. The predicted molar refractivity (Wildman–Crippen MR) is 85.7 cm³/mol. The van der Waals surface area contributed by atoms with E-state index < -0.39 is 11.4 Å². The number of hydrogen-bond donors (Lipinski definition) is 1. The average molecular weight is 311 g/mol. The quantitative estimate of drug-likeness (QED) is 0.849. The molecular weight excluding hydrogens is 286 g/mol. The monoisotopic (exact) mass is 311 g/mol. The topological polar surface area (TPSA) is 53.5 Å². The van der Waals surface area contributed by atoms with Crippen LogP contribution in [0.25, 0.3) is 0 Å². The highest BCUT2D eigenvalue weighted by molar-refractivity contribution is 7.90. The summed E-state index contributed by atoms with van der Waals surface area (Å²) < 4.78 is 26.3. The minimum absolute atomic E-state index is 0.00781. The van der Waals surface area contributed by atoms with E-state index in [2.05, 4.69) is 4.72 Å². The van der Waals surface area contributed by atoms with Crippen molar-refractivity contribution in [2.75, 3.05) is 13.2 Å². The van der Waals surface area contributed by atoms with Gasteiger partial charge in [-0.05, 0) is 45.4 Å². The first-order valence-electron chi connectivity index (χ1n) is 7.38. The van der Waals surface area contributed by atoms with E-state index in [-0.39, 0.29) is 16.9 Å². The molecule has 0 aliphatic carbocycles. The molecule has 0 radical (unpaired) electrons. The zero-order valence-corrected chi connectivity index (χ0v) is 14.0. The van der Waals surface area contributed by atoms with E-state index in [9.17, 15) is 4.55 Å². The van der Waals surface area contributed by atoms with Crippen LogP contribution < -0.4 is 9.46 Å². The van der Waals surface area contributed by atoms with Crippen molar-refractivity contribution < 1.29 is 14.0 Å². The van der Waals surface area contributed by atoms with Crippen LogP contribution in [0.1, 0.15) is 45.7 Å². The number of nitrogens with one attached hydrogen (secondary N) is 1. The standard InChI is InChI=1S/C16H25NO3S/c1-12(17-21(18)16(2,3)4)13-6-5-7-14(10-13)20-15-8-9-19-11-15/h5-7,10,12,15,17H,8-9,11H2,1-4H3/t12-,15+,21?/m0/s1. The Morgan fingerprint density at radius 2 is 2.19 bits per heavy atom. The maximum absolute atomic E-state index is 12.2. The largest absolute Gasteiger partial charge is 0.598 e. The van der Waals surface area contributed by atoms with Gasteiger partial charge in [0, 0.05) is 17.8 Å². The summed E-state index contributed by atoms with van der Waals surface area (Å²) >= 11 is -1.09. The van der Waals surface area contributed by atoms with Gasteiger partial charge in [-0.25, -0.2) is 0 Å². The van der Waals surface area contributed by atoms with Crippen LogP contribution in [0.2, 0.25) is 0 Å². The normalized spacial score (nSPS) is 22.0. The van der Waals surface area contributed by atoms with Gasteiger partial charge < -0.3 is 14.0 Å². The van der Waals surface area contributed by atoms with Crippen molar-refractivity contribution in [2.45, 2.75) is 51.0 Å². The second kappa shape index (κ2) is 7.01. The summed E-state index contributed by atoms with van der Waals surface area (Å²) in [6, 6.07) is 7.97. The first-order chi connectivity index (χ1) is 9.86. The van der Waals surface area contributed by atoms with E-state index >= 15 is 0 Å². The van der Waals surface area contributed by atoms with Crippen LogP contribution in [0.5, 0.6) is 5.75 Å². The molecule has 0 amide bonds. The van der Waals surface area contributed by atoms with Crippen LogP contribution in [0.15, 0.2) is 24.3 Å². The summed E-state index contributed by atoms with van der Waals surface area (Å²) in [5, 5.41) is 0. The second-order valence-electron chi connectivity index (χ2n) is 6.40. The number of hydrogen-bond acceptors (Lipinski definition) is 4. The summed E-state index contributed by atoms with van der Waals surface area (Å²) in [5.41, 5.74) is 1.07. The van der Waals surface area contributed by atoms with E-state index in [1.165, 1.54) is 0 Å². The molecule has 2 rings (SSSR count). The van der Waals surface area contributed by atoms with Gasteiger partial charge in [-0.15, -0.1) is 4.72 Å². The van der Waals surface area contributed by atoms with Gasteiger partial charge in [0.25, 0.3) is 0 Å². The minimum Gasteiger partial charge on any atom is -0.598 e. The van der Waals surface area contributed by atoms with Crippen molar-refractivity contribution in [3.63, 3.8) is 0 Å². The Hall–Kier alpha value is -0.750. The molecule has 0 saturated carbocycles. The number of rotatable bonds is 5. The Balaban J connectivity index is 1.99. The fraction of sp³-hybridized carbons (Fsp3) is 0.625. The lowest BCUT2D eigenvalue weighted by Crippen LogP contribution is -2.40. The molecule has 1 saturated heterocycles. The molecule has 1 aromatic rings. The Labute approximate surface area is 130 Å². The lowest BCUT2D eigenvalue weighted by atomic mass is 10.1. The third-order valence-corrected chi connectivity index (χ3v) is 5.07. The summed E-state index contributed by atoms with van der Waals surface area (Å²) in [7, 11) is 0. The maximum Gasteiger partial charge on any atom is 0.136 e. The summed E-state index contributed by atoms with van der Waals surface area (Å²) in [4.78, 5) is 0. The smallest absolute Gasteiger partial charge is 0.136 e. The third-order valence-electron chi connectivity index (χ3n) is 3.39. The van der Waals surface area contributed by atoms with E-state index in [1.54, 1.807) is 0 Å². The Morgan fingerprint density at radius 1 is 1.43 bits per heavy atom. The zero-order chi connectivity index (χ0) is 15.5. The van der Waals surface area contributed by atoms with Gasteiger partial charge in [0.15, 0.2) is 0 Å². The van der Waals surface area contributed by atoms with Gasteiger partial charge in [0.05, 0.1) is 19.3 Å². The lowest BCUT2D eigenvalue weighted by Gasteiger charge is -2.26. The Kier molecular flexibility index (Phi) is 5.54. The number of benzene rings is 1. The third kappa shape index (κ3) is 4.88. The molecule has 3 atom stereocenters. The van der Waals surface area contributed by atoms with Crippen molar-refractivity contribution in [3.8, 4) is 5.75 Å². The van der Waals surface area contributed by atoms with Crippen molar-refractivity contribution in [2.24, 2.45) is 0 Å². The molecule has 1 N–H and O–H groups in total. The molecule has 5 heteroatoms. The van der Waals surface area contributed by atoms with Gasteiger partial charge in [0.2, 0.25) is 0 Å². The molecular formula is C16H25NO3S. The van der Waals surface area contributed by atoms with Crippen LogP contribution in [0.4, 0.5) is 0 Å². The van der Waals surface area contributed by atoms with E-state index in [4.69, 9.17) is 9.47 Å². The van der Waals surface area contributed by atoms with Crippen LogP contribution in [-0.2, 0) is 16.1 Å². The summed E-state index contributed by atoms with van der Waals surface area (Å²) in [6.07, 6.45) is 1.08. The molecule has 1 unspecified atom stereocenters. The highest BCUT2D eigenvalue weighted by Gasteiger charge is 2.28. The van der Waals surface area contributed by atoms with E-state index in [0.717, 1.165) is 24.3 Å². The van der Waals surface area contributed by atoms with E-state index in [0.29, 0.717) is 6.61 Å². The van der Waals surface area contributed by atoms with Crippen molar-refractivity contribution in [3.05, 3.63) is 29.8 Å². The molecule has 0 aromatic heterocycles. The molecule has 0 bridgehead atoms. The molecule has 1 aliphatic heterocycles. The maximum atomic E-state index is 12.2. The molecule has 1 heterocycles. The van der Waals surface area contributed by atoms with Crippen LogP contribution in [0.3, 0.4) is 0 Å². The molecule has 1 fully saturated rings. The van der Waals surface area contributed by atoms with Crippen molar-refractivity contribution in [1.29, 1.82) is 0 Å². The fourth-order valence-electron chi connectivity index (χ4n) is 2.06. The molecule has 4 nitrogen and oxygen atoms in total. The Morgan fingerprint density at radius 3 is 2.81 bits per heavy atom. The van der Waals surface area contributed by atoms with Crippen LogP contribution >= 0.6 is 0 Å². The van der Waals surface area contributed by atoms with Crippen molar-refractivity contribution >= 4 is 11.4 Å². The average Bonchev–Trinajstić information content (AvgIpc) is 2.90. The van der Waals surface area contributed by atoms with Gasteiger partial charge in [-0.2, -0.15) is 0 Å². The molecule has 1 aliphatic rings. The van der Waals surface area contributed by atoms with Gasteiger partial charge in [-0.3, -0.25) is 0 Å². The highest BCUT2D eigenvalue weighted by atomic mass is 32.2. The van der Waals surface area contributed by atoms with Crippen LogP contribution in [0, 0.1) is 0 Å². The highest BCUT2D eigenvalue weighted by Crippen LogP contribution is 2.24. The van der Waals surface area contributed by atoms with Gasteiger partial charge >= 0.3 is 0 Å². The number of ether oxygens (including phenoxy) is 2.